The van der Waals surface area contributed by atoms with E-state index in [1.807, 2.05) is 0 Å². The molecule has 4 atom stereocenters. The summed E-state index contributed by atoms with van der Waals surface area (Å²) in [6, 6.07) is 2.61. The van der Waals surface area contributed by atoms with E-state index in [4.69, 9.17) is 16.7 Å². The van der Waals surface area contributed by atoms with Gasteiger partial charge >= 0.3 is 6.09 Å². The number of nitrogens with zero attached hydrogens (tertiary/aromatic N) is 4. The number of azide groups is 1. The molecule has 236 valence electrons. The Balaban J connectivity index is 2.41. The molecule has 0 aliphatic rings. The number of nitrogens with one attached hydrogen (secondary N) is 4. The van der Waals surface area contributed by atoms with Crippen molar-refractivity contribution in [2.45, 2.75) is 84.7 Å². The summed E-state index contributed by atoms with van der Waals surface area (Å²) in [5, 5.41) is 14.4. The molecule has 2 aromatic rings. The second-order valence-electron chi connectivity index (χ2n) is 11.6. The van der Waals surface area contributed by atoms with E-state index < -0.39 is 59.5 Å². The van der Waals surface area contributed by atoms with Crippen LogP contribution >= 0.6 is 0 Å². The number of hydrogen-bond acceptors (Lipinski definition) is 7. The maximum atomic E-state index is 13.5. The van der Waals surface area contributed by atoms with Gasteiger partial charge in [0, 0.05) is 22.9 Å². The number of fused-ring (bicyclic) bond motifs is 1. The van der Waals surface area contributed by atoms with Crippen LogP contribution in [-0.4, -0.2) is 70.6 Å². The lowest BCUT2D eigenvalue weighted by molar-refractivity contribution is -0.133. The van der Waals surface area contributed by atoms with Crippen LogP contribution in [0.2, 0.25) is 0 Å². The van der Waals surface area contributed by atoms with E-state index in [-0.39, 0.29) is 18.9 Å². The highest BCUT2D eigenvalue weighted by atomic mass is 16.6. The van der Waals surface area contributed by atoms with Crippen molar-refractivity contribution < 1.29 is 28.7 Å². The average molecular weight is 609 g/mol. The predicted octanol–water partition coefficient (Wildman–Crippen LogP) is 2.55. The summed E-state index contributed by atoms with van der Waals surface area (Å²) in [5.41, 5.74) is 9.12. The Labute approximate surface area is 256 Å². The number of ether oxygens (including phenoxy) is 1. The third kappa shape index (κ3) is 9.78. The summed E-state index contributed by atoms with van der Waals surface area (Å²) in [6.07, 6.45) is 6.02. The molecular formula is C30H40N8O6. The SMILES string of the molecule is C#CCNC(=O)[C@H](C)NC(=O)[C@H](Cc1cn(C(=O)OC(C)(C)C)c2ccccc12)NC(=O)[C@H](C)NC(=O)[C@@H](N=[N+]=[N-])C(C)C. The second-order valence-corrected chi connectivity index (χ2v) is 11.6. The number of hydrogen-bond donors (Lipinski definition) is 4. The highest BCUT2D eigenvalue weighted by Gasteiger charge is 2.30. The van der Waals surface area contributed by atoms with Gasteiger partial charge in [-0.15, -0.1) is 6.42 Å². The maximum Gasteiger partial charge on any atom is 0.419 e. The van der Waals surface area contributed by atoms with Crippen molar-refractivity contribution in [2.24, 2.45) is 11.0 Å². The predicted molar refractivity (Wildman–Crippen MR) is 164 cm³/mol. The summed E-state index contributed by atoms with van der Waals surface area (Å²) in [6.45, 7) is 11.5. The lowest BCUT2D eigenvalue weighted by Gasteiger charge is -2.24. The Bertz CT molecular complexity index is 1480. The molecule has 2 rings (SSSR count). The monoisotopic (exact) mass is 608 g/mol. The molecule has 0 saturated carbocycles. The van der Waals surface area contributed by atoms with E-state index >= 15 is 0 Å². The Morgan fingerprint density at radius 3 is 2.18 bits per heavy atom. The largest absolute Gasteiger partial charge is 0.443 e. The van der Waals surface area contributed by atoms with Gasteiger partial charge in [-0.2, -0.15) is 0 Å². The van der Waals surface area contributed by atoms with E-state index in [1.54, 1.807) is 58.9 Å². The van der Waals surface area contributed by atoms with Gasteiger partial charge in [0.05, 0.1) is 12.1 Å². The van der Waals surface area contributed by atoms with Gasteiger partial charge in [-0.3, -0.25) is 23.7 Å². The number of benzene rings is 1. The highest BCUT2D eigenvalue weighted by Crippen LogP contribution is 2.24. The number of para-hydroxylation sites is 1. The van der Waals surface area contributed by atoms with Gasteiger partial charge in [0.25, 0.3) is 0 Å². The molecule has 1 heterocycles. The molecule has 44 heavy (non-hydrogen) atoms. The van der Waals surface area contributed by atoms with Crippen LogP contribution in [0.3, 0.4) is 0 Å². The minimum atomic E-state index is -1.24. The van der Waals surface area contributed by atoms with Crippen LogP contribution in [0.1, 0.15) is 54.0 Å². The molecule has 0 bridgehead atoms. The van der Waals surface area contributed by atoms with Crippen molar-refractivity contribution in [3.8, 4) is 12.3 Å². The molecule has 0 aliphatic heterocycles. The number of aromatic nitrogens is 1. The van der Waals surface area contributed by atoms with E-state index in [1.165, 1.54) is 24.6 Å². The molecule has 0 aliphatic carbocycles. The zero-order valence-corrected chi connectivity index (χ0v) is 26.0. The molecule has 14 nitrogen and oxygen atoms in total. The fourth-order valence-corrected chi connectivity index (χ4v) is 4.18. The lowest BCUT2D eigenvalue weighted by atomic mass is 10.0. The Morgan fingerprint density at radius 2 is 1.59 bits per heavy atom. The molecule has 0 saturated heterocycles. The standard InChI is InChI=1S/C30H40N8O6/c1-9-14-32-25(39)18(4)33-27(41)22(35-26(40)19(5)34-28(42)24(17(2)3)36-37-31)15-20-16-38(29(43)44-30(6,7)8)23-13-11-10-12-21(20)23/h1,10-13,16-19,22,24H,14-15H2,2-8H3,(H,32,39)(H,33,41)(H,34,42)(H,35,40)/t18-,19-,22-,24-/m0/s1. The van der Waals surface area contributed by atoms with Crippen LogP contribution in [0.4, 0.5) is 4.79 Å². The molecule has 0 spiro atoms. The number of amides is 4. The lowest BCUT2D eigenvalue weighted by Crippen LogP contribution is -2.57. The summed E-state index contributed by atoms with van der Waals surface area (Å²) < 4.78 is 6.87. The van der Waals surface area contributed by atoms with E-state index in [9.17, 15) is 24.0 Å². The summed E-state index contributed by atoms with van der Waals surface area (Å²) in [7, 11) is 0. The van der Waals surface area contributed by atoms with Crippen LogP contribution in [0.25, 0.3) is 21.3 Å². The molecule has 1 aromatic heterocycles. The first-order chi connectivity index (χ1) is 20.6. The van der Waals surface area contributed by atoms with Crippen molar-refractivity contribution in [1.82, 2.24) is 25.8 Å². The zero-order valence-electron chi connectivity index (χ0n) is 26.0. The summed E-state index contributed by atoms with van der Waals surface area (Å²) in [4.78, 5) is 67.5. The van der Waals surface area contributed by atoms with Crippen LogP contribution in [0.15, 0.2) is 35.6 Å². The van der Waals surface area contributed by atoms with Gasteiger partial charge in [0.15, 0.2) is 0 Å². The molecule has 0 fully saturated rings. The Kier molecular flexibility index (Phi) is 12.4. The number of carbonyl (C=O) groups excluding carboxylic acids is 5. The number of terminal acetylenes is 1. The van der Waals surface area contributed by atoms with Gasteiger partial charge in [-0.25, -0.2) is 4.79 Å². The van der Waals surface area contributed by atoms with Crippen LogP contribution < -0.4 is 21.3 Å². The number of carbonyl (C=O) groups is 5. The van der Waals surface area contributed by atoms with Gasteiger partial charge in [-0.1, -0.05) is 43.1 Å². The second kappa shape index (κ2) is 15.5. The minimum absolute atomic E-state index is 0.0339. The molecule has 0 unspecified atom stereocenters. The van der Waals surface area contributed by atoms with Crippen molar-refractivity contribution >= 4 is 40.6 Å². The van der Waals surface area contributed by atoms with Gasteiger partial charge in [-0.05, 0) is 57.7 Å². The van der Waals surface area contributed by atoms with Crippen molar-refractivity contribution in [3.05, 3.63) is 46.5 Å². The fraction of sp³-hybridized carbons (Fsp3) is 0.500. The first-order valence-corrected chi connectivity index (χ1v) is 14.1. The van der Waals surface area contributed by atoms with Gasteiger partial charge in [0.1, 0.15) is 29.8 Å². The van der Waals surface area contributed by atoms with Crippen molar-refractivity contribution in [1.29, 1.82) is 0 Å². The van der Waals surface area contributed by atoms with E-state index in [0.29, 0.717) is 16.5 Å². The smallest absolute Gasteiger partial charge is 0.419 e. The van der Waals surface area contributed by atoms with Crippen LogP contribution in [0, 0.1) is 18.3 Å². The molecular weight excluding hydrogens is 568 g/mol. The van der Waals surface area contributed by atoms with E-state index in [0.717, 1.165) is 0 Å². The Morgan fingerprint density at radius 1 is 0.977 bits per heavy atom. The summed E-state index contributed by atoms with van der Waals surface area (Å²) in [5.74, 6) is -0.627. The van der Waals surface area contributed by atoms with Gasteiger partial charge < -0.3 is 26.0 Å². The first kappa shape index (κ1) is 35.2. The Hall–Kier alpha value is -5.02. The topological polar surface area (TPSA) is 196 Å². The molecule has 4 N–H and O–H groups in total. The minimum Gasteiger partial charge on any atom is -0.443 e. The normalized spacial score (nSPS) is 13.8. The molecule has 4 amide bonds. The molecule has 1 aromatic carbocycles. The zero-order chi connectivity index (χ0) is 33.2. The third-order valence-corrected chi connectivity index (χ3v) is 6.39. The van der Waals surface area contributed by atoms with E-state index in [2.05, 4.69) is 37.2 Å². The maximum absolute atomic E-state index is 13.5. The van der Waals surface area contributed by atoms with Crippen LogP contribution in [0.5, 0.6) is 0 Å². The third-order valence-electron chi connectivity index (χ3n) is 6.39. The quantitative estimate of drug-likeness (QED) is 0.124. The molecule has 0 radical (unpaired) electrons. The fourth-order valence-electron chi connectivity index (χ4n) is 4.18. The number of rotatable bonds is 12. The summed E-state index contributed by atoms with van der Waals surface area (Å²) >= 11 is 0. The van der Waals surface area contributed by atoms with Crippen molar-refractivity contribution in [3.63, 3.8) is 0 Å². The van der Waals surface area contributed by atoms with Gasteiger partial charge in [0.2, 0.25) is 23.6 Å². The van der Waals surface area contributed by atoms with Crippen LogP contribution in [-0.2, 0) is 30.3 Å². The average Bonchev–Trinajstić information content (AvgIpc) is 3.31. The highest BCUT2D eigenvalue weighted by molar-refractivity contribution is 5.96. The molecule has 14 heteroatoms. The first-order valence-electron chi connectivity index (χ1n) is 14.1. The van der Waals surface area contributed by atoms with Crippen molar-refractivity contribution in [2.75, 3.05) is 6.54 Å².